The molecule has 4 amide bonds. The van der Waals surface area contributed by atoms with Gasteiger partial charge in [-0.05, 0) is 99.4 Å². The molecule has 0 bridgehead atoms. The van der Waals surface area contributed by atoms with Crippen molar-refractivity contribution in [2.75, 3.05) is 90.2 Å². The molecule has 4 aliphatic heterocycles. The summed E-state index contributed by atoms with van der Waals surface area (Å²) in [6.45, 7) is 7.88. The summed E-state index contributed by atoms with van der Waals surface area (Å²) >= 11 is 0. The fourth-order valence-electron chi connectivity index (χ4n) is 9.24. The minimum absolute atomic E-state index is 0.0132. The van der Waals surface area contributed by atoms with Crippen LogP contribution in [0, 0.1) is 11.8 Å². The van der Waals surface area contributed by atoms with Gasteiger partial charge in [0.1, 0.15) is 24.2 Å². The lowest BCUT2D eigenvalue weighted by Gasteiger charge is -2.39. The second-order valence-corrected chi connectivity index (χ2v) is 17.1. The molecule has 4 atom stereocenters. The third-order valence-corrected chi connectivity index (χ3v) is 12.8. The monoisotopic (exact) mass is 834 g/mol. The van der Waals surface area contributed by atoms with Crippen LogP contribution in [0.5, 0.6) is 0 Å². The minimum Gasteiger partial charge on any atom is -0.329 e. The highest BCUT2D eigenvalue weighted by Crippen LogP contribution is 2.31. The third-order valence-electron chi connectivity index (χ3n) is 12.8. The summed E-state index contributed by atoms with van der Waals surface area (Å²) in [6.07, 6.45) is 2.81. The van der Waals surface area contributed by atoms with Gasteiger partial charge in [-0.3, -0.25) is 29.0 Å². The van der Waals surface area contributed by atoms with E-state index in [9.17, 15) is 19.2 Å². The van der Waals surface area contributed by atoms with E-state index >= 15 is 0 Å². The Kier molecular flexibility index (Phi) is 13.8. The Morgan fingerprint density at radius 3 is 1.19 bits per heavy atom. The van der Waals surface area contributed by atoms with Crippen LogP contribution < -0.4 is 10.6 Å². The maximum Gasteiger partial charge on any atom is 0.247 e. The number of anilines is 2. The molecule has 4 heterocycles. The standard InChI is InChI=1S/C50H58N8O4/c1-53-29-33-55(34-30-53)45(39-11-5-3-6-12-39)49(61)57-27-9-15-43(57)47(59)51-41-23-19-37(20-24-41)17-18-38-21-25-42(26-22-38)52-48(60)44-16-10-28-58(44)50(62)46(40-13-7-4-8-14-40)56-35-31-54(2)32-36-56/h3-8,11-14,19-26,43-46H,9-10,15-16,27-36H2,1-2H3,(H,51,59)(H,52,60)/t43-,44-,45+,46+/m0/s1. The fraction of sp³-hybridized carbons (Fsp3) is 0.400. The topological polar surface area (TPSA) is 112 Å². The van der Waals surface area contributed by atoms with Crippen molar-refractivity contribution in [3.05, 3.63) is 131 Å². The maximum atomic E-state index is 14.2. The average Bonchev–Trinajstić information content (AvgIpc) is 4.01. The van der Waals surface area contributed by atoms with Crippen LogP contribution in [0.4, 0.5) is 11.4 Å². The summed E-state index contributed by atoms with van der Waals surface area (Å²) in [4.78, 5) is 68.4. The highest BCUT2D eigenvalue weighted by Gasteiger charge is 2.42. The molecule has 0 spiro atoms. The number of amides is 4. The van der Waals surface area contributed by atoms with Gasteiger partial charge in [-0.1, -0.05) is 72.5 Å². The largest absolute Gasteiger partial charge is 0.329 e. The Bertz CT molecular complexity index is 2070. The van der Waals surface area contributed by atoms with Gasteiger partial charge in [0.05, 0.1) is 0 Å². The summed E-state index contributed by atoms with van der Waals surface area (Å²) in [6, 6.07) is 32.8. The van der Waals surface area contributed by atoms with E-state index in [1.54, 1.807) is 9.80 Å². The zero-order valence-corrected chi connectivity index (χ0v) is 35.9. The zero-order chi connectivity index (χ0) is 43.0. The number of benzene rings is 4. The van der Waals surface area contributed by atoms with Gasteiger partial charge in [0, 0.05) is 87.9 Å². The first-order valence-corrected chi connectivity index (χ1v) is 22.1. The van der Waals surface area contributed by atoms with Crippen LogP contribution >= 0.6 is 0 Å². The van der Waals surface area contributed by atoms with Crippen molar-refractivity contribution in [3.63, 3.8) is 0 Å². The molecule has 4 saturated heterocycles. The Morgan fingerprint density at radius 1 is 0.484 bits per heavy atom. The summed E-state index contributed by atoms with van der Waals surface area (Å²) in [5.41, 5.74) is 4.79. The summed E-state index contributed by atoms with van der Waals surface area (Å²) < 4.78 is 0. The van der Waals surface area contributed by atoms with Crippen molar-refractivity contribution in [1.29, 1.82) is 0 Å². The van der Waals surface area contributed by atoms with Gasteiger partial charge in [0.25, 0.3) is 0 Å². The maximum absolute atomic E-state index is 14.2. The van der Waals surface area contributed by atoms with Crippen LogP contribution in [0.15, 0.2) is 109 Å². The van der Waals surface area contributed by atoms with Gasteiger partial charge in [-0.15, -0.1) is 0 Å². The predicted octanol–water partition coefficient (Wildman–Crippen LogP) is 4.92. The van der Waals surface area contributed by atoms with Crippen LogP contribution in [-0.4, -0.2) is 145 Å². The number of piperazine rings is 2. The second-order valence-electron chi connectivity index (χ2n) is 17.1. The zero-order valence-electron chi connectivity index (χ0n) is 35.9. The van der Waals surface area contributed by atoms with E-state index in [2.05, 4.69) is 56.2 Å². The number of nitrogens with one attached hydrogen (secondary N) is 2. The Morgan fingerprint density at radius 2 is 0.839 bits per heavy atom. The second kappa shape index (κ2) is 19.9. The highest BCUT2D eigenvalue weighted by molar-refractivity contribution is 5.99. The molecule has 0 radical (unpaired) electrons. The fourth-order valence-corrected chi connectivity index (χ4v) is 9.24. The molecule has 4 fully saturated rings. The first-order chi connectivity index (χ1) is 30.2. The molecule has 322 valence electrons. The molecule has 8 rings (SSSR count). The molecule has 4 aromatic carbocycles. The van der Waals surface area contributed by atoms with E-state index in [0.717, 1.165) is 87.5 Å². The highest BCUT2D eigenvalue weighted by atomic mass is 16.2. The molecule has 2 N–H and O–H groups in total. The lowest BCUT2D eigenvalue weighted by Crippen LogP contribution is -2.52. The number of hydrogen-bond donors (Lipinski definition) is 2. The molecule has 4 aliphatic rings. The van der Waals surface area contributed by atoms with Gasteiger partial charge >= 0.3 is 0 Å². The molecule has 0 aliphatic carbocycles. The number of carbonyl (C=O) groups excluding carboxylic acids is 4. The van der Waals surface area contributed by atoms with Crippen LogP contribution in [0.2, 0.25) is 0 Å². The SMILES string of the molecule is CN1CCN([C@@H](C(=O)N2CCC[C@H]2C(=O)Nc2ccc(C#Cc3ccc(NC(=O)[C@@H]4CCCN4C(=O)[C@@H](c4ccccc4)N4CCN(C)CC4)cc3)cc2)c2ccccc2)CC1. The first-order valence-electron chi connectivity index (χ1n) is 22.1. The van der Waals surface area contributed by atoms with Crippen LogP contribution in [0.3, 0.4) is 0 Å². The number of likely N-dealkylation sites (tertiary alicyclic amines) is 2. The molecule has 12 heteroatoms. The molecule has 4 aromatic rings. The molecule has 0 aromatic heterocycles. The van der Waals surface area contributed by atoms with Crippen LogP contribution in [-0.2, 0) is 19.2 Å². The van der Waals surface area contributed by atoms with E-state index in [1.807, 2.05) is 109 Å². The van der Waals surface area contributed by atoms with Crippen molar-refractivity contribution < 1.29 is 19.2 Å². The third kappa shape index (κ3) is 10.1. The smallest absolute Gasteiger partial charge is 0.247 e. The molecule has 0 unspecified atom stereocenters. The van der Waals surface area contributed by atoms with Crippen molar-refractivity contribution in [1.82, 2.24) is 29.4 Å². The van der Waals surface area contributed by atoms with E-state index in [0.29, 0.717) is 37.3 Å². The number of likely N-dealkylation sites (N-methyl/N-ethyl adjacent to an activating group) is 2. The van der Waals surface area contributed by atoms with Crippen molar-refractivity contribution in [3.8, 4) is 11.8 Å². The lowest BCUT2D eigenvalue weighted by molar-refractivity contribution is -0.142. The molecule has 0 saturated carbocycles. The van der Waals surface area contributed by atoms with Crippen LogP contribution in [0.25, 0.3) is 0 Å². The van der Waals surface area contributed by atoms with Crippen LogP contribution in [0.1, 0.15) is 60.0 Å². The number of carbonyl (C=O) groups is 4. The van der Waals surface area contributed by atoms with E-state index in [1.165, 1.54) is 0 Å². The minimum atomic E-state index is -0.535. The van der Waals surface area contributed by atoms with E-state index in [4.69, 9.17) is 0 Å². The quantitative estimate of drug-likeness (QED) is 0.217. The molecular weight excluding hydrogens is 777 g/mol. The van der Waals surface area contributed by atoms with Gasteiger partial charge in [0.15, 0.2) is 0 Å². The molecule has 62 heavy (non-hydrogen) atoms. The Labute approximate surface area is 365 Å². The van der Waals surface area contributed by atoms with Gasteiger partial charge in [-0.2, -0.15) is 0 Å². The van der Waals surface area contributed by atoms with Gasteiger partial charge in [0.2, 0.25) is 23.6 Å². The summed E-state index contributed by atoms with van der Waals surface area (Å²) in [5, 5.41) is 6.11. The van der Waals surface area contributed by atoms with E-state index in [-0.39, 0.29) is 23.6 Å². The van der Waals surface area contributed by atoms with Gasteiger partial charge < -0.3 is 30.2 Å². The average molecular weight is 835 g/mol. The first kappa shape index (κ1) is 42.8. The summed E-state index contributed by atoms with van der Waals surface area (Å²) in [7, 11) is 4.21. The van der Waals surface area contributed by atoms with E-state index < -0.39 is 24.2 Å². The van der Waals surface area contributed by atoms with Crippen molar-refractivity contribution >= 4 is 35.0 Å². The molecular formula is C50H58N8O4. The van der Waals surface area contributed by atoms with Crippen molar-refractivity contribution in [2.24, 2.45) is 0 Å². The number of hydrogen-bond acceptors (Lipinski definition) is 8. The Balaban J connectivity index is 0.858. The Hall–Kier alpha value is -5.84. The summed E-state index contributed by atoms with van der Waals surface area (Å²) in [5.74, 6) is 6.01. The lowest BCUT2D eigenvalue weighted by atomic mass is 10.0. The number of nitrogens with zero attached hydrogens (tertiary/aromatic N) is 6. The van der Waals surface area contributed by atoms with Crippen molar-refractivity contribution in [2.45, 2.75) is 49.9 Å². The predicted molar refractivity (Wildman–Crippen MR) is 242 cm³/mol. The normalized spacial score (nSPS) is 21.1. The number of rotatable bonds is 10. The molecule has 12 nitrogen and oxygen atoms in total. The van der Waals surface area contributed by atoms with Gasteiger partial charge in [-0.25, -0.2) is 0 Å².